The quantitative estimate of drug-likeness (QED) is 0.802. The predicted molar refractivity (Wildman–Crippen MR) is 70.3 cm³/mol. The maximum absolute atomic E-state index is 12.2. The second kappa shape index (κ2) is 6.00. The highest BCUT2D eigenvalue weighted by Gasteiger charge is 2.24. The molecule has 0 spiro atoms. The molecule has 0 radical (unpaired) electrons. The number of hydrogen-bond donors (Lipinski definition) is 1. The van der Waals surface area contributed by atoms with Gasteiger partial charge in [-0.25, -0.2) is 9.48 Å². The van der Waals surface area contributed by atoms with E-state index in [1.807, 2.05) is 7.05 Å². The van der Waals surface area contributed by atoms with Crippen molar-refractivity contribution in [2.24, 2.45) is 0 Å². The Morgan fingerprint density at radius 3 is 2.90 bits per heavy atom. The number of rotatable bonds is 4. The molecule has 0 aliphatic carbocycles. The zero-order chi connectivity index (χ0) is 14.7. The number of carboxylic acid groups (broad SMARTS) is 1. The van der Waals surface area contributed by atoms with Crippen molar-refractivity contribution < 1.29 is 14.7 Å². The van der Waals surface area contributed by atoms with E-state index in [-0.39, 0.29) is 24.2 Å². The lowest BCUT2D eigenvalue weighted by Crippen LogP contribution is -2.48. The van der Waals surface area contributed by atoms with E-state index in [2.05, 4.69) is 15.2 Å². The van der Waals surface area contributed by atoms with Crippen molar-refractivity contribution in [2.45, 2.75) is 25.4 Å². The van der Waals surface area contributed by atoms with Crippen molar-refractivity contribution in [2.75, 3.05) is 27.2 Å². The molecule has 1 saturated heterocycles. The maximum atomic E-state index is 12.2. The Balaban J connectivity index is 1.94. The minimum Gasteiger partial charge on any atom is -0.476 e. The average Bonchev–Trinajstić information content (AvgIpc) is 2.86. The molecule has 1 aromatic heterocycles. The van der Waals surface area contributed by atoms with Gasteiger partial charge in [0.2, 0.25) is 5.91 Å². The molecule has 1 atom stereocenters. The average molecular weight is 281 g/mol. The molecule has 1 unspecified atom stereocenters. The van der Waals surface area contributed by atoms with E-state index >= 15 is 0 Å². The number of likely N-dealkylation sites (N-methyl/N-ethyl adjacent to an activating group) is 2. The summed E-state index contributed by atoms with van der Waals surface area (Å²) in [7, 11) is 3.82. The first kappa shape index (κ1) is 14.4. The Labute approximate surface area is 117 Å². The summed E-state index contributed by atoms with van der Waals surface area (Å²) in [6.45, 7) is 1.93. The monoisotopic (exact) mass is 281 g/mol. The van der Waals surface area contributed by atoms with Gasteiger partial charge in [0, 0.05) is 19.6 Å². The highest BCUT2D eigenvalue weighted by atomic mass is 16.4. The van der Waals surface area contributed by atoms with Gasteiger partial charge in [-0.05, 0) is 26.4 Å². The van der Waals surface area contributed by atoms with Crippen LogP contribution in [0.4, 0.5) is 0 Å². The molecule has 110 valence electrons. The van der Waals surface area contributed by atoms with Crippen molar-refractivity contribution >= 4 is 11.9 Å². The molecular weight excluding hydrogens is 262 g/mol. The summed E-state index contributed by atoms with van der Waals surface area (Å²) in [6, 6.07) is 0.198. The summed E-state index contributed by atoms with van der Waals surface area (Å²) in [5, 5.41) is 15.9. The number of carbonyl (C=O) groups excluding carboxylic acids is 1. The second-order valence-corrected chi connectivity index (χ2v) is 5.17. The van der Waals surface area contributed by atoms with Crippen LogP contribution >= 0.6 is 0 Å². The molecule has 2 heterocycles. The lowest BCUT2D eigenvalue weighted by atomic mass is 10.1. The molecule has 2 rings (SSSR count). The Morgan fingerprint density at radius 1 is 1.55 bits per heavy atom. The molecule has 1 fully saturated rings. The number of aromatic carboxylic acids is 1. The zero-order valence-corrected chi connectivity index (χ0v) is 11.7. The molecule has 8 heteroatoms. The fourth-order valence-electron chi connectivity index (χ4n) is 2.38. The highest BCUT2D eigenvalue weighted by molar-refractivity contribution is 5.84. The lowest BCUT2D eigenvalue weighted by Gasteiger charge is -2.35. The first-order valence-corrected chi connectivity index (χ1v) is 6.55. The van der Waals surface area contributed by atoms with Gasteiger partial charge < -0.3 is 14.9 Å². The van der Waals surface area contributed by atoms with E-state index in [0.717, 1.165) is 25.9 Å². The van der Waals surface area contributed by atoms with Crippen LogP contribution in [0.15, 0.2) is 6.20 Å². The van der Waals surface area contributed by atoms with Crippen molar-refractivity contribution in [1.29, 1.82) is 0 Å². The molecule has 20 heavy (non-hydrogen) atoms. The standard InChI is InChI=1S/C12H19N5O3/c1-15-5-3-4-9(6-15)16(2)11(18)8-17-7-10(12(19)20)13-14-17/h7,9H,3-6,8H2,1-2H3,(H,19,20). The number of nitrogens with zero attached hydrogens (tertiary/aromatic N) is 5. The number of aromatic nitrogens is 3. The predicted octanol–water partition coefficient (Wildman–Crippen LogP) is -0.471. The molecule has 0 aromatic carbocycles. The third-order valence-corrected chi connectivity index (χ3v) is 3.60. The van der Waals surface area contributed by atoms with Gasteiger partial charge in [-0.1, -0.05) is 5.21 Å². The first-order valence-electron chi connectivity index (χ1n) is 6.55. The minimum absolute atomic E-state index is 0.0109. The van der Waals surface area contributed by atoms with Crippen LogP contribution in [-0.4, -0.2) is 75.0 Å². The smallest absolute Gasteiger partial charge is 0.358 e. The van der Waals surface area contributed by atoms with Crippen molar-refractivity contribution in [3.05, 3.63) is 11.9 Å². The van der Waals surface area contributed by atoms with Gasteiger partial charge in [-0.3, -0.25) is 4.79 Å². The summed E-state index contributed by atoms with van der Waals surface area (Å²) in [5.74, 6) is -1.24. The Morgan fingerprint density at radius 2 is 2.30 bits per heavy atom. The fraction of sp³-hybridized carbons (Fsp3) is 0.667. The molecule has 1 amide bonds. The van der Waals surface area contributed by atoms with E-state index in [1.54, 1.807) is 11.9 Å². The highest BCUT2D eigenvalue weighted by Crippen LogP contribution is 2.13. The molecule has 8 nitrogen and oxygen atoms in total. The van der Waals surface area contributed by atoms with Gasteiger partial charge in [-0.2, -0.15) is 0 Å². The molecule has 1 N–H and O–H groups in total. The minimum atomic E-state index is -1.15. The number of carboxylic acids is 1. The van der Waals surface area contributed by atoms with Crippen LogP contribution in [0, 0.1) is 0 Å². The van der Waals surface area contributed by atoms with Gasteiger partial charge in [0.05, 0.1) is 6.20 Å². The van der Waals surface area contributed by atoms with E-state index in [0.29, 0.717) is 0 Å². The van der Waals surface area contributed by atoms with Crippen molar-refractivity contribution in [3.8, 4) is 0 Å². The van der Waals surface area contributed by atoms with Crippen molar-refractivity contribution in [3.63, 3.8) is 0 Å². The van der Waals surface area contributed by atoms with Crippen LogP contribution in [0.1, 0.15) is 23.3 Å². The SMILES string of the molecule is CN1CCCC(N(C)C(=O)Cn2cc(C(=O)O)nn2)C1. The molecule has 0 saturated carbocycles. The molecular formula is C12H19N5O3. The Hall–Kier alpha value is -1.96. The Bertz CT molecular complexity index is 501. The zero-order valence-electron chi connectivity index (χ0n) is 11.7. The number of piperidine rings is 1. The van der Waals surface area contributed by atoms with E-state index in [4.69, 9.17) is 5.11 Å². The summed E-state index contributed by atoms with van der Waals surface area (Å²) in [4.78, 5) is 26.8. The van der Waals surface area contributed by atoms with Gasteiger partial charge in [-0.15, -0.1) is 5.10 Å². The van der Waals surface area contributed by atoms with Crippen LogP contribution < -0.4 is 0 Å². The van der Waals surface area contributed by atoms with Crippen LogP contribution in [-0.2, 0) is 11.3 Å². The van der Waals surface area contributed by atoms with Gasteiger partial charge in [0.1, 0.15) is 6.54 Å². The normalized spacial score (nSPS) is 19.8. The largest absolute Gasteiger partial charge is 0.476 e. The first-order chi connectivity index (χ1) is 9.47. The van der Waals surface area contributed by atoms with E-state index in [1.165, 1.54) is 10.9 Å². The van der Waals surface area contributed by atoms with Crippen LogP contribution in [0.5, 0.6) is 0 Å². The summed E-state index contributed by atoms with van der Waals surface area (Å²) >= 11 is 0. The van der Waals surface area contributed by atoms with Crippen LogP contribution in [0.3, 0.4) is 0 Å². The number of hydrogen-bond acceptors (Lipinski definition) is 5. The fourth-order valence-corrected chi connectivity index (χ4v) is 2.38. The third-order valence-electron chi connectivity index (χ3n) is 3.60. The topological polar surface area (TPSA) is 91.6 Å². The number of carbonyl (C=O) groups is 2. The number of likely N-dealkylation sites (tertiary alicyclic amines) is 1. The van der Waals surface area contributed by atoms with Crippen LogP contribution in [0.2, 0.25) is 0 Å². The molecule has 1 aliphatic heterocycles. The lowest BCUT2D eigenvalue weighted by molar-refractivity contribution is -0.133. The molecule has 1 aromatic rings. The van der Waals surface area contributed by atoms with Gasteiger partial charge in [0.25, 0.3) is 0 Å². The molecule has 1 aliphatic rings. The Kier molecular flexibility index (Phi) is 4.33. The second-order valence-electron chi connectivity index (χ2n) is 5.17. The van der Waals surface area contributed by atoms with Crippen molar-refractivity contribution in [1.82, 2.24) is 24.8 Å². The van der Waals surface area contributed by atoms with E-state index < -0.39 is 5.97 Å². The van der Waals surface area contributed by atoms with Crippen LogP contribution in [0.25, 0.3) is 0 Å². The summed E-state index contributed by atoms with van der Waals surface area (Å²) < 4.78 is 1.26. The molecule has 0 bridgehead atoms. The third kappa shape index (κ3) is 3.32. The van der Waals surface area contributed by atoms with Gasteiger partial charge >= 0.3 is 5.97 Å². The van der Waals surface area contributed by atoms with E-state index in [9.17, 15) is 9.59 Å². The maximum Gasteiger partial charge on any atom is 0.358 e. The number of amides is 1. The summed E-state index contributed by atoms with van der Waals surface area (Å²) in [6.07, 6.45) is 3.33. The summed E-state index contributed by atoms with van der Waals surface area (Å²) in [5.41, 5.74) is -0.155. The van der Waals surface area contributed by atoms with Gasteiger partial charge in [0.15, 0.2) is 5.69 Å².